The molecule has 20 heavy (non-hydrogen) atoms. The maximum Gasteiger partial charge on any atom is -0.171 e. The van der Waals surface area contributed by atoms with Gasteiger partial charge < -0.3 is 6.58 Å². The van der Waals surface area contributed by atoms with Crippen molar-refractivity contribution in [2.75, 3.05) is 0 Å². The van der Waals surface area contributed by atoms with Crippen molar-refractivity contribution in [1.29, 1.82) is 0 Å². The number of hydrogen-bond acceptors (Lipinski definition) is 2. The Morgan fingerprint density at radius 2 is 1.20 bits per heavy atom. The predicted molar refractivity (Wildman–Crippen MR) is 80.2 cm³/mol. The van der Waals surface area contributed by atoms with Gasteiger partial charge in [0.25, 0.3) is 0 Å². The van der Waals surface area contributed by atoms with E-state index in [2.05, 4.69) is 33.1 Å². The molecule has 0 aliphatic rings. The van der Waals surface area contributed by atoms with E-state index in [1.54, 1.807) is 0 Å². The fourth-order valence-corrected chi connectivity index (χ4v) is 1.37. The number of hydrogen-bond donors (Lipinski definition) is 0. The Kier molecular flexibility index (Phi) is 37.6. The minimum Gasteiger partial charge on any atom is -0.184 e. The molecule has 114 valence electrons. The Morgan fingerprint density at radius 1 is 0.850 bits per heavy atom. The van der Waals surface area contributed by atoms with Crippen molar-refractivity contribution >= 4 is 0 Å². The molecule has 1 aromatic carbocycles. The van der Waals surface area contributed by atoms with Gasteiger partial charge in [-0.2, -0.15) is 36.4 Å². The monoisotopic (exact) mass is 312 g/mol. The van der Waals surface area contributed by atoms with Crippen LogP contribution in [-0.2, 0) is 25.7 Å². The van der Waals surface area contributed by atoms with E-state index in [9.17, 15) is 0 Å². The van der Waals surface area contributed by atoms with E-state index in [0.29, 0.717) is 0 Å². The van der Waals surface area contributed by atoms with E-state index >= 15 is 0 Å². The SMILES string of the molecule is CCCCCCCCC.[CH-]=C.[O]=[Ti]=[O].[c-]1ccccc1. The van der Waals surface area contributed by atoms with Crippen molar-refractivity contribution in [3.63, 3.8) is 0 Å². The normalized spacial score (nSPS) is 7.50. The van der Waals surface area contributed by atoms with Crippen LogP contribution in [0.1, 0.15) is 58.8 Å². The third kappa shape index (κ3) is 36.0. The molecule has 1 rings (SSSR count). The summed E-state index contributed by atoms with van der Waals surface area (Å²) in [5, 5.41) is 0. The minimum absolute atomic E-state index is 1.37. The van der Waals surface area contributed by atoms with Crippen molar-refractivity contribution in [1.82, 2.24) is 0 Å². The van der Waals surface area contributed by atoms with E-state index in [1.165, 1.54) is 44.9 Å². The molecule has 0 aromatic heterocycles. The first-order valence-corrected chi connectivity index (χ1v) is 8.42. The first-order chi connectivity index (χ1) is 9.83. The molecule has 0 heterocycles. The molecule has 0 radical (unpaired) electrons. The Labute approximate surface area is 134 Å². The summed E-state index contributed by atoms with van der Waals surface area (Å²) in [5.41, 5.74) is 0. The van der Waals surface area contributed by atoms with E-state index in [4.69, 9.17) is 6.65 Å². The second kappa shape index (κ2) is 30.9. The van der Waals surface area contributed by atoms with Gasteiger partial charge in [-0.3, -0.25) is 6.58 Å². The van der Waals surface area contributed by atoms with Crippen LogP contribution in [0, 0.1) is 12.6 Å². The molecule has 3 heteroatoms. The molecule has 0 aliphatic carbocycles. The van der Waals surface area contributed by atoms with Crippen molar-refractivity contribution in [2.45, 2.75) is 58.8 Å². The van der Waals surface area contributed by atoms with Crippen LogP contribution in [0.5, 0.6) is 0 Å². The van der Waals surface area contributed by atoms with Crippen molar-refractivity contribution in [3.8, 4) is 0 Å². The van der Waals surface area contributed by atoms with Gasteiger partial charge in [-0.25, -0.2) is 0 Å². The molecule has 0 saturated carbocycles. The van der Waals surface area contributed by atoms with Gasteiger partial charge in [0.2, 0.25) is 0 Å². The smallest absolute Gasteiger partial charge is 0.171 e. The van der Waals surface area contributed by atoms with Gasteiger partial charge in [0, 0.05) is 0 Å². The quantitative estimate of drug-likeness (QED) is 0.389. The molecule has 0 atom stereocenters. The average Bonchev–Trinajstić information content (AvgIpc) is 2.52. The molecule has 0 bridgehead atoms. The Morgan fingerprint density at radius 3 is 1.40 bits per heavy atom. The van der Waals surface area contributed by atoms with Crippen molar-refractivity contribution < 1.29 is 25.7 Å². The molecule has 0 unspecified atom stereocenters. The zero-order valence-electron chi connectivity index (χ0n) is 12.9. The van der Waals surface area contributed by atoms with Crippen LogP contribution in [-0.4, -0.2) is 0 Å². The minimum atomic E-state index is -2.00. The molecule has 2 nitrogen and oxygen atoms in total. The van der Waals surface area contributed by atoms with Crippen LogP contribution in [0.15, 0.2) is 36.9 Å². The van der Waals surface area contributed by atoms with Crippen LogP contribution in [0.3, 0.4) is 0 Å². The topological polar surface area (TPSA) is 34.1 Å². The first-order valence-electron chi connectivity index (χ1n) is 7.14. The maximum absolute atomic E-state index is 8.50. The van der Waals surface area contributed by atoms with Crippen molar-refractivity contribution in [2.24, 2.45) is 0 Å². The summed E-state index contributed by atoms with van der Waals surface area (Å²) in [6, 6.07) is 12.5. The predicted octanol–water partition coefficient (Wildman–Crippen LogP) is 5.61. The Hall–Kier alpha value is -0.726. The fourth-order valence-electron chi connectivity index (χ4n) is 1.37. The largest absolute Gasteiger partial charge is 0.184 e. The summed E-state index contributed by atoms with van der Waals surface area (Å²) < 4.78 is 17.0. The van der Waals surface area contributed by atoms with Crippen molar-refractivity contribution in [3.05, 3.63) is 49.6 Å². The van der Waals surface area contributed by atoms with Gasteiger partial charge in [-0.1, -0.05) is 58.8 Å². The second-order valence-corrected chi connectivity index (χ2v) is 4.19. The van der Waals surface area contributed by atoms with E-state index < -0.39 is 19.1 Å². The Balaban J connectivity index is -0.000000226. The first kappa shape index (κ1) is 24.3. The van der Waals surface area contributed by atoms with Crippen LogP contribution in [0.25, 0.3) is 0 Å². The maximum atomic E-state index is 8.50. The number of benzene rings is 1. The van der Waals surface area contributed by atoms with Gasteiger partial charge >= 0.3 is 25.7 Å². The molecule has 0 amide bonds. The summed E-state index contributed by atoms with van der Waals surface area (Å²) in [5.74, 6) is 0. The molecule has 0 N–H and O–H groups in total. The summed E-state index contributed by atoms with van der Waals surface area (Å²) >= 11 is -2.00. The molecule has 0 spiro atoms. The van der Waals surface area contributed by atoms with Gasteiger partial charge in [0.05, 0.1) is 0 Å². The summed E-state index contributed by atoms with van der Waals surface area (Å²) in [7, 11) is 0. The zero-order chi connectivity index (χ0) is 15.9. The van der Waals surface area contributed by atoms with Gasteiger partial charge in [-0.15, -0.1) is 0 Å². The van der Waals surface area contributed by atoms with Crippen LogP contribution in [0.4, 0.5) is 0 Å². The van der Waals surface area contributed by atoms with Crippen LogP contribution in [0.2, 0.25) is 0 Å². The third-order valence-electron chi connectivity index (χ3n) is 2.31. The van der Waals surface area contributed by atoms with Gasteiger partial charge in [0.15, 0.2) is 0 Å². The summed E-state index contributed by atoms with van der Waals surface area (Å²) in [6.45, 7) is 11.5. The van der Waals surface area contributed by atoms with E-state index in [0.717, 1.165) is 0 Å². The molecule has 1 aromatic rings. The summed E-state index contributed by atoms with van der Waals surface area (Å²) in [6.07, 6.45) is 9.97. The van der Waals surface area contributed by atoms with E-state index in [-0.39, 0.29) is 0 Å². The fraction of sp³-hybridized carbons (Fsp3) is 0.529. The average molecular weight is 312 g/mol. The Bertz CT molecular complexity index is 237. The number of rotatable bonds is 6. The second-order valence-electron chi connectivity index (χ2n) is 3.93. The standard InChI is InChI=1S/C9H20.C6H5.C2H3.2O.Ti/c1-3-5-7-9-8-6-4-2;1-2-4-6-5-3-1;1-2;;;/h3-9H2,1-2H3;1-5H;1H,2H2;;;/q;2*-1;;;. The zero-order valence-corrected chi connectivity index (χ0v) is 14.5. The van der Waals surface area contributed by atoms with Crippen LogP contribution < -0.4 is 0 Å². The van der Waals surface area contributed by atoms with E-state index in [1.807, 2.05) is 30.3 Å². The number of unbranched alkanes of at least 4 members (excludes halogenated alkanes) is 6. The van der Waals surface area contributed by atoms with Crippen LogP contribution >= 0.6 is 0 Å². The molecular weight excluding hydrogens is 284 g/mol. The summed E-state index contributed by atoms with van der Waals surface area (Å²) in [4.78, 5) is 0. The molecular formula is C17H28O2Ti-2. The molecule has 0 aliphatic heterocycles. The van der Waals surface area contributed by atoms with Gasteiger partial charge in [-0.05, 0) is 0 Å². The molecule has 0 fully saturated rings. The molecule has 0 saturated heterocycles. The van der Waals surface area contributed by atoms with Gasteiger partial charge in [0.1, 0.15) is 0 Å². The third-order valence-corrected chi connectivity index (χ3v) is 2.31.